The zero-order chi connectivity index (χ0) is 15.4. The van der Waals surface area contributed by atoms with Gasteiger partial charge in [-0.05, 0) is 37.1 Å². The summed E-state index contributed by atoms with van der Waals surface area (Å²) >= 11 is 0. The molecule has 0 spiro atoms. The quantitative estimate of drug-likeness (QED) is 0.925. The lowest BCUT2D eigenvalue weighted by atomic mass is 9.99. The number of likely N-dealkylation sites (tertiary alicyclic amines) is 1. The SMILES string of the molecule is COc1ccc(N(C)C(=O)N2CCC[C@H](C(=O)O)C2)cc1. The molecule has 6 heteroatoms. The number of urea groups is 1. The van der Waals surface area contributed by atoms with Crippen LogP contribution in [0.5, 0.6) is 5.75 Å². The highest BCUT2D eigenvalue weighted by Gasteiger charge is 2.29. The number of carboxylic acids is 1. The highest BCUT2D eigenvalue weighted by Crippen LogP contribution is 2.22. The molecule has 1 N–H and O–H groups in total. The molecule has 1 aliphatic rings. The Morgan fingerprint density at radius 3 is 2.57 bits per heavy atom. The van der Waals surface area contributed by atoms with E-state index >= 15 is 0 Å². The van der Waals surface area contributed by atoms with E-state index in [-0.39, 0.29) is 12.6 Å². The molecule has 114 valence electrons. The van der Waals surface area contributed by atoms with Gasteiger partial charge in [-0.2, -0.15) is 0 Å². The maximum absolute atomic E-state index is 12.4. The summed E-state index contributed by atoms with van der Waals surface area (Å²) in [5.74, 6) is -0.574. The van der Waals surface area contributed by atoms with Crippen molar-refractivity contribution in [3.8, 4) is 5.75 Å². The van der Waals surface area contributed by atoms with E-state index in [9.17, 15) is 9.59 Å². The number of benzene rings is 1. The molecule has 2 rings (SSSR count). The van der Waals surface area contributed by atoms with Gasteiger partial charge in [0.15, 0.2) is 0 Å². The van der Waals surface area contributed by atoms with Gasteiger partial charge in [-0.25, -0.2) is 4.79 Å². The molecular formula is C15H20N2O4. The Labute approximate surface area is 123 Å². The van der Waals surface area contributed by atoms with Crippen LogP contribution < -0.4 is 9.64 Å². The highest BCUT2D eigenvalue weighted by atomic mass is 16.5. The molecule has 0 aliphatic carbocycles. The van der Waals surface area contributed by atoms with Crippen LogP contribution in [0.2, 0.25) is 0 Å². The first-order valence-corrected chi connectivity index (χ1v) is 6.92. The molecule has 6 nitrogen and oxygen atoms in total. The Morgan fingerprint density at radius 1 is 1.33 bits per heavy atom. The fourth-order valence-corrected chi connectivity index (χ4v) is 2.48. The topological polar surface area (TPSA) is 70.1 Å². The van der Waals surface area contributed by atoms with E-state index in [1.54, 1.807) is 43.3 Å². The second kappa shape index (κ2) is 6.47. The molecule has 2 amide bonds. The average molecular weight is 292 g/mol. The van der Waals surface area contributed by atoms with Crippen LogP contribution >= 0.6 is 0 Å². The monoisotopic (exact) mass is 292 g/mol. The van der Waals surface area contributed by atoms with E-state index in [0.717, 1.165) is 17.9 Å². The third-order valence-electron chi connectivity index (χ3n) is 3.79. The van der Waals surface area contributed by atoms with Crippen LogP contribution in [0.1, 0.15) is 12.8 Å². The van der Waals surface area contributed by atoms with Gasteiger partial charge in [0.05, 0.1) is 13.0 Å². The number of methoxy groups -OCH3 is 1. The molecule has 0 bridgehead atoms. The van der Waals surface area contributed by atoms with Gasteiger partial charge in [-0.15, -0.1) is 0 Å². The van der Waals surface area contributed by atoms with E-state index in [1.165, 1.54) is 4.90 Å². The van der Waals surface area contributed by atoms with Crippen LogP contribution in [0.3, 0.4) is 0 Å². The minimum absolute atomic E-state index is 0.175. The molecule has 1 fully saturated rings. The molecule has 0 aromatic heterocycles. The van der Waals surface area contributed by atoms with Gasteiger partial charge in [0.1, 0.15) is 5.75 Å². The van der Waals surface area contributed by atoms with Crippen molar-refractivity contribution < 1.29 is 19.4 Å². The maximum Gasteiger partial charge on any atom is 0.324 e. The van der Waals surface area contributed by atoms with Crippen molar-refractivity contribution in [1.82, 2.24) is 4.90 Å². The van der Waals surface area contributed by atoms with Gasteiger partial charge in [-0.3, -0.25) is 9.69 Å². The first kappa shape index (κ1) is 15.2. The molecule has 0 radical (unpaired) electrons. The number of anilines is 1. The van der Waals surface area contributed by atoms with Gasteiger partial charge in [0.25, 0.3) is 0 Å². The smallest absolute Gasteiger partial charge is 0.324 e. The number of hydrogen-bond donors (Lipinski definition) is 1. The Morgan fingerprint density at radius 2 is 2.00 bits per heavy atom. The number of carboxylic acid groups (broad SMARTS) is 1. The van der Waals surface area contributed by atoms with Gasteiger partial charge >= 0.3 is 12.0 Å². The molecule has 1 aromatic carbocycles. The number of hydrogen-bond acceptors (Lipinski definition) is 3. The second-order valence-electron chi connectivity index (χ2n) is 5.16. The predicted octanol–water partition coefficient (Wildman–Crippen LogP) is 2.05. The number of nitrogens with zero attached hydrogens (tertiary/aromatic N) is 2. The molecule has 1 heterocycles. The van der Waals surface area contributed by atoms with Crippen molar-refractivity contribution in [3.05, 3.63) is 24.3 Å². The Balaban J connectivity index is 2.05. The van der Waals surface area contributed by atoms with Crippen LogP contribution in [0.4, 0.5) is 10.5 Å². The Hall–Kier alpha value is -2.24. The fraction of sp³-hybridized carbons (Fsp3) is 0.467. The number of ether oxygens (including phenoxy) is 1. The Bertz CT molecular complexity index is 515. The average Bonchev–Trinajstić information content (AvgIpc) is 2.53. The first-order chi connectivity index (χ1) is 10.0. The summed E-state index contributed by atoms with van der Waals surface area (Å²) in [5.41, 5.74) is 0.748. The molecule has 0 unspecified atom stereocenters. The molecule has 1 aromatic rings. The first-order valence-electron chi connectivity index (χ1n) is 6.92. The van der Waals surface area contributed by atoms with Gasteiger partial charge < -0.3 is 14.7 Å². The molecule has 21 heavy (non-hydrogen) atoms. The Kier molecular flexibility index (Phi) is 4.67. The number of aliphatic carboxylic acids is 1. The zero-order valence-electron chi connectivity index (χ0n) is 12.3. The van der Waals surface area contributed by atoms with Crippen molar-refractivity contribution in [2.75, 3.05) is 32.1 Å². The fourth-order valence-electron chi connectivity index (χ4n) is 2.48. The molecule has 1 saturated heterocycles. The summed E-state index contributed by atoms with van der Waals surface area (Å²) in [6.45, 7) is 0.873. The maximum atomic E-state index is 12.4. The van der Waals surface area contributed by atoms with Crippen LogP contribution in [-0.4, -0.2) is 49.3 Å². The van der Waals surface area contributed by atoms with Gasteiger partial charge in [0, 0.05) is 25.8 Å². The van der Waals surface area contributed by atoms with E-state index in [2.05, 4.69) is 0 Å². The minimum Gasteiger partial charge on any atom is -0.497 e. The van der Waals surface area contributed by atoms with Crippen LogP contribution in [0.25, 0.3) is 0 Å². The summed E-state index contributed by atoms with van der Waals surface area (Å²) < 4.78 is 5.09. The number of carbonyl (C=O) groups excluding carboxylic acids is 1. The summed E-state index contributed by atoms with van der Waals surface area (Å²) in [6.07, 6.45) is 1.35. The molecule has 1 aliphatic heterocycles. The largest absolute Gasteiger partial charge is 0.497 e. The number of piperidine rings is 1. The van der Waals surface area contributed by atoms with Crippen molar-refractivity contribution in [2.24, 2.45) is 5.92 Å². The molecule has 0 saturated carbocycles. The lowest BCUT2D eigenvalue weighted by molar-refractivity contribution is -0.143. The third kappa shape index (κ3) is 3.45. The van der Waals surface area contributed by atoms with Crippen LogP contribution in [-0.2, 0) is 4.79 Å². The van der Waals surface area contributed by atoms with Crippen molar-refractivity contribution in [1.29, 1.82) is 0 Å². The summed E-state index contributed by atoms with van der Waals surface area (Å²) in [5, 5.41) is 9.09. The number of amides is 2. The lowest BCUT2D eigenvalue weighted by Crippen LogP contribution is -2.47. The van der Waals surface area contributed by atoms with Crippen LogP contribution in [0.15, 0.2) is 24.3 Å². The van der Waals surface area contributed by atoms with Gasteiger partial charge in [0.2, 0.25) is 0 Å². The summed E-state index contributed by atoms with van der Waals surface area (Å²) in [4.78, 5) is 26.7. The highest BCUT2D eigenvalue weighted by molar-refractivity contribution is 5.91. The van der Waals surface area contributed by atoms with Gasteiger partial charge in [-0.1, -0.05) is 0 Å². The van der Waals surface area contributed by atoms with E-state index < -0.39 is 11.9 Å². The summed E-state index contributed by atoms with van der Waals surface area (Å²) in [7, 11) is 3.28. The van der Waals surface area contributed by atoms with E-state index in [1.807, 2.05) is 0 Å². The third-order valence-corrected chi connectivity index (χ3v) is 3.79. The molecule has 1 atom stereocenters. The summed E-state index contributed by atoms with van der Waals surface area (Å²) in [6, 6.07) is 7.00. The van der Waals surface area contributed by atoms with E-state index in [0.29, 0.717) is 13.0 Å². The predicted molar refractivity (Wildman–Crippen MR) is 78.7 cm³/mol. The lowest BCUT2D eigenvalue weighted by Gasteiger charge is -2.33. The van der Waals surface area contributed by atoms with Crippen LogP contribution in [0, 0.1) is 5.92 Å². The second-order valence-corrected chi connectivity index (χ2v) is 5.16. The zero-order valence-corrected chi connectivity index (χ0v) is 12.3. The minimum atomic E-state index is -0.834. The molecular weight excluding hydrogens is 272 g/mol. The van der Waals surface area contributed by atoms with Crippen molar-refractivity contribution in [3.63, 3.8) is 0 Å². The number of rotatable bonds is 3. The van der Waals surface area contributed by atoms with E-state index in [4.69, 9.17) is 9.84 Å². The normalized spacial score (nSPS) is 18.2. The standard InChI is InChI=1S/C15H20N2O4/c1-16(12-5-7-13(21-2)8-6-12)15(20)17-9-3-4-11(10-17)14(18)19/h5-8,11H,3-4,9-10H2,1-2H3,(H,18,19)/t11-/m0/s1. The number of carbonyl (C=O) groups is 2. The van der Waals surface area contributed by atoms with Crippen molar-refractivity contribution in [2.45, 2.75) is 12.8 Å². The van der Waals surface area contributed by atoms with Crippen molar-refractivity contribution >= 4 is 17.7 Å².